The molecular formula is C12H17N3O5S. The number of hydrogen-bond acceptors (Lipinski definition) is 6. The highest BCUT2D eigenvalue weighted by atomic mass is 32.2. The molecule has 3 N–H and O–H groups in total. The van der Waals surface area contributed by atoms with Crippen LogP contribution in [0.3, 0.4) is 0 Å². The molecule has 0 spiro atoms. The van der Waals surface area contributed by atoms with Gasteiger partial charge in [0, 0.05) is 12.1 Å². The summed E-state index contributed by atoms with van der Waals surface area (Å²) in [5.74, 6) is -0.558. The van der Waals surface area contributed by atoms with Gasteiger partial charge in [-0.15, -0.1) is 0 Å². The quantitative estimate of drug-likeness (QED) is 0.556. The van der Waals surface area contributed by atoms with Crippen LogP contribution in [-0.2, 0) is 10.0 Å². The summed E-state index contributed by atoms with van der Waals surface area (Å²) in [6, 6.07) is 2.84. The van der Waals surface area contributed by atoms with E-state index >= 15 is 0 Å². The van der Waals surface area contributed by atoms with E-state index in [-0.39, 0.29) is 10.9 Å². The van der Waals surface area contributed by atoms with Crippen molar-refractivity contribution < 1.29 is 18.4 Å². The maximum Gasteiger partial charge on any atom is 0.312 e. The number of nitrogens with zero attached hydrogens (tertiary/aromatic N) is 1. The Morgan fingerprint density at radius 1 is 1.33 bits per heavy atom. The molecule has 0 amide bonds. The molecule has 9 heteroatoms. The third kappa shape index (κ3) is 3.90. The predicted molar refractivity (Wildman–Crippen MR) is 75.6 cm³/mol. The molecule has 1 aromatic rings. The first-order valence-electron chi connectivity index (χ1n) is 6.60. The van der Waals surface area contributed by atoms with E-state index in [4.69, 9.17) is 0 Å². The molecule has 116 valence electrons. The molecule has 0 aliphatic carbocycles. The van der Waals surface area contributed by atoms with E-state index in [1.54, 1.807) is 0 Å². The van der Waals surface area contributed by atoms with Crippen LogP contribution in [0.15, 0.2) is 23.1 Å². The standard InChI is InChI=1S/C12H17N3O5S/c16-12-4-3-10(8-11(12)15(17)18)21(19,20)14-9-2-1-6-13-7-5-9/h3-4,8-9,13-14,16H,1-2,5-7H2. The molecule has 0 radical (unpaired) electrons. The summed E-state index contributed by atoms with van der Waals surface area (Å²) >= 11 is 0. The Hall–Kier alpha value is -1.71. The van der Waals surface area contributed by atoms with Gasteiger partial charge in [-0.05, 0) is 44.5 Å². The van der Waals surface area contributed by atoms with Crippen molar-refractivity contribution in [2.75, 3.05) is 13.1 Å². The van der Waals surface area contributed by atoms with Gasteiger partial charge < -0.3 is 10.4 Å². The van der Waals surface area contributed by atoms with Gasteiger partial charge in [-0.2, -0.15) is 0 Å². The van der Waals surface area contributed by atoms with Crippen molar-refractivity contribution in [2.45, 2.75) is 30.2 Å². The van der Waals surface area contributed by atoms with Crippen molar-refractivity contribution >= 4 is 15.7 Å². The Bertz CT molecular complexity index is 624. The number of nitro groups is 1. The molecule has 21 heavy (non-hydrogen) atoms. The molecule has 1 atom stereocenters. The molecule has 8 nitrogen and oxygen atoms in total. The van der Waals surface area contributed by atoms with Gasteiger partial charge >= 0.3 is 5.69 Å². The smallest absolute Gasteiger partial charge is 0.312 e. The fraction of sp³-hybridized carbons (Fsp3) is 0.500. The number of benzene rings is 1. The van der Waals surface area contributed by atoms with Gasteiger partial charge in [-0.1, -0.05) is 0 Å². The lowest BCUT2D eigenvalue weighted by Crippen LogP contribution is -2.35. The number of phenols is 1. The zero-order valence-electron chi connectivity index (χ0n) is 11.3. The normalized spacial score (nSPS) is 19.9. The van der Waals surface area contributed by atoms with Crippen molar-refractivity contribution in [3.63, 3.8) is 0 Å². The van der Waals surface area contributed by atoms with Gasteiger partial charge in [0.2, 0.25) is 10.0 Å². The molecule has 0 aromatic heterocycles. The topological polar surface area (TPSA) is 122 Å². The Morgan fingerprint density at radius 2 is 2.10 bits per heavy atom. The first kappa shape index (κ1) is 15.7. The van der Waals surface area contributed by atoms with Crippen LogP contribution >= 0.6 is 0 Å². The molecule has 1 aromatic carbocycles. The Balaban J connectivity index is 2.22. The lowest BCUT2D eigenvalue weighted by atomic mass is 10.1. The molecule has 1 saturated heterocycles. The first-order valence-corrected chi connectivity index (χ1v) is 8.09. The predicted octanol–water partition coefficient (Wildman–Crippen LogP) is 0.721. The lowest BCUT2D eigenvalue weighted by molar-refractivity contribution is -0.386. The average Bonchev–Trinajstić information content (AvgIpc) is 2.66. The Labute approximate surface area is 122 Å². The first-order chi connectivity index (χ1) is 9.90. The summed E-state index contributed by atoms with van der Waals surface area (Å²) in [6.45, 7) is 1.58. The molecule has 1 unspecified atom stereocenters. The second-order valence-corrected chi connectivity index (χ2v) is 6.62. The summed E-state index contributed by atoms with van der Waals surface area (Å²) < 4.78 is 27.1. The van der Waals surface area contributed by atoms with Crippen LogP contribution in [0, 0.1) is 10.1 Å². The van der Waals surface area contributed by atoms with Gasteiger partial charge in [-0.25, -0.2) is 13.1 Å². The summed E-state index contributed by atoms with van der Waals surface area (Å²) in [5.41, 5.74) is -0.625. The largest absolute Gasteiger partial charge is 0.502 e. The number of nitro benzene ring substituents is 1. The fourth-order valence-electron chi connectivity index (χ4n) is 2.24. The summed E-state index contributed by atoms with van der Waals surface area (Å²) in [6.07, 6.45) is 2.24. The van der Waals surface area contributed by atoms with Crippen molar-refractivity contribution in [1.29, 1.82) is 0 Å². The minimum Gasteiger partial charge on any atom is -0.502 e. The van der Waals surface area contributed by atoms with Crippen LogP contribution < -0.4 is 10.0 Å². The number of rotatable bonds is 4. The fourth-order valence-corrected chi connectivity index (χ4v) is 3.57. The summed E-state index contributed by atoms with van der Waals surface area (Å²) in [5, 5.41) is 23.3. The highest BCUT2D eigenvalue weighted by molar-refractivity contribution is 7.89. The van der Waals surface area contributed by atoms with Crippen molar-refractivity contribution in [1.82, 2.24) is 10.0 Å². The van der Waals surface area contributed by atoms with Gasteiger partial charge in [0.15, 0.2) is 5.75 Å². The van der Waals surface area contributed by atoms with Gasteiger partial charge in [-0.3, -0.25) is 10.1 Å². The number of phenolic OH excluding ortho intramolecular Hbond substituents is 1. The maximum absolute atomic E-state index is 12.3. The minimum absolute atomic E-state index is 0.196. The number of aromatic hydroxyl groups is 1. The molecule has 1 aliphatic heterocycles. The Morgan fingerprint density at radius 3 is 2.81 bits per heavy atom. The van der Waals surface area contributed by atoms with E-state index in [1.807, 2.05) is 0 Å². The highest BCUT2D eigenvalue weighted by Gasteiger charge is 2.24. The molecular weight excluding hydrogens is 298 g/mol. The second kappa shape index (κ2) is 6.37. The monoisotopic (exact) mass is 315 g/mol. The van der Waals surface area contributed by atoms with E-state index in [0.717, 1.165) is 37.7 Å². The molecule has 1 fully saturated rings. The zero-order valence-corrected chi connectivity index (χ0v) is 12.1. The lowest BCUT2D eigenvalue weighted by Gasteiger charge is -2.16. The van der Waals surface area contributed by atoms with E-state index in [9.17, 15) is 23.6 Å². The van der Waals surface area contributed by atoms with Crippen molar-refractivity contribution in [3.8, 4) is 5.75 Å². The van der Waals surface area contributed by atoms with E-state index < -0.39 is 26.4 Å². The van der Waals surface area contributed by atoms with E-state index in [2.05, 4.69) is 10.0 Å². The second-order valence-electron chi connectivity index (χ2n) is 4.91. The maximum atomic E-state index is 12.3. The third-order valence-electron chi connectivity index (χ3n) is 3.35. The summed E-state index contributed by atoms with van der Waals surface area (Å²) in [7, 11) is -3.84. The van der Waals surface area contributed by atoms with E-state index in [0.29, 0.717) is 12.8 Å². The zero-order chi connectivity index (χ0) is 15.5. The third-order valence-corrected chi connectivity index (χ3v) is 4.87. The number of nitrogens with one attached hydrogen (secondary N) is 2. The van der Waals surface area contributed by atoms with Crippen molar-refractivity contribution in [3.05, 3.63) is 28.3 Å². The van der Waals surface area contributed by atoms with Crippen LogP contribution in [0.2, 0.25) is 0 Å². The molecule has 2 rings (SSSR count). The molecule has 0 bridgehead atoms. The van der Waals surface area contributed by atoms with Crippen LogP contribution in [0.4, 0.5) is 5.69 Å². The average molecular weight is 315 g/mol. The Kier molecular flexibility index (Phi) is 4.76. The molecule has 0 saturated carbocycles. The number of hydrogen-bond donors (Lipinski definition) is 3. The highest BCUT2D eigenvalue weighted by Crippen LogP contribution is 2.28. The van der Waals surface area contributed by atoms with Gasteiger partial charge in [0.25, 0.3) is 0 Å². The molecule has 1 heterocycles. The van der Waals surface area contributed by atoms with Gasteiger partial charge in [0.1, 0.15) is 0 Å². The van der Waals surface area contributed by atoms with Crippen LogP contribution in [0.25, 0.3) is 0 Å². The van der Waals surface area contributed by atoms with E-state index in [1.165, 1.54) is 0 Å². The van der Waals surface area contributed by atoms with Crippen LogP contribution in [0.5, 0.6) is 5.75 Å². The van der Waals surface area contributed by atoms with Gasteiger partial charge in [0.05, 0.1) is 9.82 Å². The van der Waals surface area contributed by atoms with Crippen LogP contribution in [0.1, 0.15) is 19.3 Å². The minimum atomic E-state index is -3.84. The molecule has 1 aliphatic rings. The van der Waals surface area contributed by atoms with Crippen LogP contribution in [-0.4, -0.2) is 37.6 Å². The summed E-state index contributed by atoms with van der Waals surface area (Å²) in [4.78, 5) is 9.72. The number of sulfonamides is 1. The van der Waals surface area contributed by atoms with Crippen molar-refractivity contribution in [2.24, 2.45) is 0 Å². The SMILES string of the molecule is O=[N+]([O-])c1cc(S(=O)(=O)NC2CCCNCC2)ccc1O.